The van der Waals surface area contributed by atoms with Crippen molar-refractivity contribution in [3.8, 4) is 0 Å². The number of nitrogens with one attached hydrogen (secondary N) is 1. The summed E-state index contributed by atoms with van der Waals surface area (Å²) >= 11 is 0. The van der Waals surface area contributed by atoms with Crippen LogP contribution < -0.4 is 4.72 Å². The molecular weight excluding hydrogens is 246 g/mol. The molecule has 1 rings (SSSR count). The molecule has 0 heterocycles. The third-order valence-electron chi connectivity index (χ3n) is 1.88. The molecule has 1 aromatic rings. The zero-order chi connectivity index (χ0) is 13.1. The fourth-order valence-electron chi connectivity index (χ4n) is 1.20. The largest absolute Gasteiger partial charge is 0.465 e. The Labute approximate surface area is 98.6 Å². The Bertz CT molecular complexity index is 550. The highest BCUT2D eigenvalue weighted by atomic mass is 32.2. The molecule has 0 aliphatic carbocycles. The molecule has 0 aliphatic heterocycles. The summed E-state index contributed by atoms with van der Waals surface area (Å²) in [5.74, 6) is -0.722. The van der Waals surface area contributed by atoms with Crippen LogP contribution in [-0.4, -0.2) is 34.0 Å². The average Bonchev–Trinajstić information content (AvgIpc) is 2.26. The smallest absolute Gasteiger partial charge is 0.340 e. The summed E-state index contributed by atoms with van der Waals surface area (Å²) in [6.07, 6.45) is 1.51. The second-order valence-corrected chi connectivity index (χ2v) is 5.04. The number of carbonyl (C=O) groups excluding carboxylic acids is 2. The van der Waals surface area contributed by atoms with Gasteiger partial charge in [0.15, 0.2) is 0 Å². The molecular formula is C10H11NO5S. The maximum atomic E-state index is 11.4. The van der Waals surface area contributed by atoms with Gasteiger partial charge in [-0.05, 0) is 18.2 Å². The van der Waals surface area contributed by atoms with Gasteiger partial charge in [-0.25, -0.2) is 13.2 Å². The van der Waals surface area contributed by atoms with E-state index in [-0.39, 0.29) is 16.8 Å². The van der Waals surface area contributed by atoms with Crippen molar-refractivity contribution in [3.05, 3.63) is 29.3 Å². The van der Waals surface area contributed by atoms with Crippen molar-refractivity contribution in [1.82, 2.24) is 0 Å². The van der Waals surface area contributed by atoms with Gasteiger partial charge in [0.25, 0.3) is 0 Å². The average molecular weight is 257 g/mol. The number of aldehydes is 1. The fourth-order valence-corrected chi connectivity index (χ4v) is 1.78. The molecule has 92 valence electrons. The normalized spacial score (nSPS) is 10.7. The third-order valence-corrected chi connectivity index (χ3v) is 2.47. The van der Waals surface area contributed by atoms with E-state index < -0.39 is 16.0 Å². The molecule has 0 spiro atoms. The number of esters is 1. The minimum absolute atomic E-state index is 0.0116. The molecule has 0 radical (unpaired) electrons. The quantitative estimate of drug-likeness (QED) is 0.632. The molecule has 1 N–H and O–H groups in total. The van der Waals surface area contributed by atoms with Crippen molar-refractivity contribution in [2.24, 2.45) is 0 Å². The summed E-state index contributed by atoms with van der Waals surface area (Å²) in [4.78, 5) is 22.0. The van der Waals surface area contributed by atoms with Gasteiger partial charge < -0.3 is 4.74 Å². The summed E-state index contributed by atoms with van der Waals surface area (Å²) in [5, 5.41) is 0. The van der Waals surface area contributed by atoms with E-state index in [9.17, 15) is 18.0 Å². The molecule has 7 heteroatoms. The summed E-state index contributed by atoms with van der Waals surface area (Å²) in [6, 6.07) is 3.98. The predicted molar refractivity (Wildman–Crippen MR) is 61.6 cm³/mol. The Kier molecular flexibility index (Phi) is 3.84. The Hall–Kier alpha value is -1.89. The predicted octanol–water partition coefficient (Wildman–Crippen LogP) is 0.657. The number of benzene rings is 1. The highest BCUT2D eigenvalue weighted by molar-refractivity contribution is 7.92. The van der Waals surface area contributed by atoms with E-state index in [1.54, 1.807) is 0 Å². The summed E-state index contributed by atoms with van der Waals surface area (Å²) in [6.45, 7) is 0. The highest BCUT2D eigenvalue weighted by Crippen LogP contribution is 2.19. The molecule has 0 atom stereocenters. The molecule has 0 aromatic heterocycles. The monoisotopic (exact) mass is 257 g/mol. The van der Waals surface area contributed by atoms with E-state index in [2.05, 4.69) is 9.46 Å². The van der Waals surface area contributed by atoms with Gasteiger partial charge in [0.05, 0.1) is 24.6 Å². The van der Waals surface area contributed by atoms with Crippen molar-refractivity contribution in [3.63, 3.8) is 0 Å². The zero-order valence-corrected chi connectivity index (χ0v) is 10.1. The maximum absolute atomic E-state index is 11.4. The second-order valence-electron chi connectivity index (χ2n) is 3.29. The number of hydrogen-bond acceptors (Lipinski definition) is 5. The number of methoxy groups -OCH3 is 1. The van der Waals surface area contributed by atoms with Crippen LogP contribution in [0.4, 0.5) is 5.69 Å². The van der Waals surface area contributed by atoms with Gasteiger partial charge in [-0.3, -0.25) is 9.52 Å². The first-order valence-electron chi connectivity index (χ1n) is 4.52. The second kappa shape index (κ2) is 4.96. The Morgan fingerprint density at radius 1 is 1.41 bits per heavy atom. The van der Waals surface area contributed by atoms with E-state index in [0.29, 0.717) is 6.29 Å². The lowest BCUT2D eigenvalue weighted by Crippen LogP contribution is -2.14. The Balaban J connectivity index is 3.29. The van der Waals surface area contributed by atoms with Gasteiger partial charge in [0.1, 0.15) is 6.29 Å². The van der Waals surface area contributed by atoms with Gasteiger partial charge in [-0.15, -0.1) is 0 Å². The van der Waals surface area contributed by atoms with Crippen LogP contribution in [0, 0.1) is 0 Å². The van der Waals surface area contributed by atoms with E-state index in [0.717, 1.165) is 6.26 Å². The fraction of sp³-hybridized carbons (Fsp3) is 0.200. The van der Waals surface area contributed by atoms with Crippen LogP contribution in [0.5, 0.6) is 0 Å². The van der Waals surface area contributed by atoms with Crippen LogP contribution >= 0.6 is 0 Å². The molecule has 17 heavy (non-hydrogen) atoms. The molecule has 0 aliphatic rings. The minimum atomic E-state index is -3.51. The van der Waals surface area contributed by atoms with E-state index in [4.69, 9.17) is 0 Å². The van der Waals surface area contributed by atoms with Crippen molar-refractivity contribution in [1.29, 1.82) is 0 Å². The summed E-state index contributed by atoms with van der Waals surface area (Å²) < 4.78 is 28.8. The molecule has 6 nitrogen and oxygen atoms in total. The van der Waals surface area contributed by atoms with Crippen LogP contribution in [0.1, 0.15) is 20.7 Å². The lowest BCUT2D eigenvalue weighted by Gasteiger charge is -2.09. The summed E-state index contributed by atoms with van der Waals surface area (Å²) in [7, 11) is -2.34. The first kappa shape index (κ1) is 13.2. The van der Waals surface area contributed by atoms with Crippen LogP contribution in [0.15, 0.2) is 18.2 Å². The van der Waals surface area contributed by atoms with Crippen LogP contribution in [0.2, 0.25) is 0 Å². The molecule has 0 saturated carbocycles. The minimum Gasteiger partial charge on any atom is -0.465 e. The Morgan fingerprint density at radius 2 is 2.06 bits per heavy atom. The van der Waals surface area contributed by atoms with E-state index >= 15 is 0 Å². The standard InChI is InChI=1S/C10H11NO5S/c1-16-10(13)8-5-7(6-12)3-4-9(8)11-17(2,14)15/h3-6,11H,1-2H3. The first-order chi connectivity index (χ1) is 7.87. The molecule has 0 bridgehead atoms. The number of hydrogen-bond donors (Lipinski definition) is 1. The number of ether oxygens (including phenoxy) is 1. The van der Waals surface area contributed by atoms with Gasteiger partial charge >= 0.3 is 5.97 Å². The van der Waals surface area contributed by atoms with Gasteiger partial charge in [-0.2, -0.15) is 0 Å². The van der Waals surface area contributed by atoms with E-state index in [1.807, 2.05) is 0 Å². The van der Waals surface area contributed by atoms with Gasteiger partial charge in [-0.1, -0.05) is 0 Å². The van der Waals surface area contributed by atoms with Crippen molar-refractivity contribution < 1.29 is 22.7 Å². The number of sulfonamides is 1. The van der Waals surface area contributed by atoms with Crippen LogP contribution in [0.25, 0.3) is 0 Å². The van der Waals surface area contributed by atoms with E-state index in [1.165, 1.54) is 25.3 Å². The topological polar surface area (TPSA) is 89.5 Å². The first-order valence-corrected chi connectivity index (χ1v) is 6.42. The Morgan fingerprint density at radius 3 is 2.53 bits per heavy atom. The number of carbonyl (C=O) groups is 2. The highest BCUT2D eigenvalue weighted by Gasteiger charge is 2.15. The van der Waals surface area contributed by atoms with Gasteiger partial charge in [0, 0.05) is 5.56 Å². The van der Waals surface area contributed by atoms with Crippen molar-refractivity contribution in [2.75, 3.05) is 18.1 Å². The number of anilines is 1. The molecule has 1 aromatic carbocycles. The number of rotatable bonds is 4. The van der Waals surface area contributed by atoms with Crippen molar-refractivity contribution in [2.45, 2.75) is 0 Å². The molecule has 0 amide bonds. The maximum Gasteiger partial charge on any atom is 0.340 e. The van der Waals surface area contributed by atoms with Crippen molar-refractivity contribution >= 4 is 28.0 Å². The summed E-state index contributed by atoms with van der Waals surface area (Å²) in [5.41, 5.74) is 0.317. The molecule has 0 saturated heterocycles. The van der Waals surface area contributed by atoms with Crippen LogP contribution in [0.3, 0.4) is 0 Å². The van der Waals surface area contributed by atoms with Crippen LogP contribution in [-0.2, 0) is 14.8 Å². The lowest BCUT2D eigenvalue weighted by molar-refractivity contribution is 0.0602. The SMILES string of the molecule is COC(=O)c1cc(C=O)ccc1NS(C)(=O)=O. The zero-order valence-electron chi connectivity index (χ0n) is 9.26. The molecule has 0 unspecified atom stereocenters. The lowest BCUT2D eigenvalue weighted by atomic mass is 10.1. The van der Waals surface area contributed by atoms with Gasteiger partial charge in [0.2, 0.25) is 10.0 Å². The molecule has 0 fully saturated rings. The third kappa shape index (κ3) is 3.56.